The van der Waals surface area contributed by atoms with Crippen LogP contribution in [0.2, 0.25) is 0 Å². The number of nitrogens with zero attached hydrogens (tertiary/aromatic N) is 1. The molecule has 0 fully saturated rings. The molecule has 1 unspecified atom stereocenters. The van der Waals surface area contributed by atoms with Gasteiger partial charge in [-0.15, -0.1) is 0 Å². The van der Waals surface area contributed by atoms with E-state index < -0.39 is 30.0 Å². The van der Waals surface area contributed by atoms with Gasteiger partial charge in [-0.2, -0.15) is 13.2 Å². The molecule has 0 spiro atoms. The van der Waals surface area contributed by atoms with E-state index in [1.165, 1.54) is 24.4 Å². The van der Waals surface area contributed by atoms with Crippen LogP contribution in [0.4, 0.5) is 13.2 Å². The van der Waals surface area contributed by atoms with Crippen molar-refractivity contribution < 1.29 is 23.4 Å². The zero-order valence-corrected chi connectivity index (χ0v) is 15.7. The van der Waals surface area contributed by atoms with Gasteiger partial charge in [-0.1, -0.05) is 44.2 Å². The number of hydrogen-bond acceptors (Lipinski definition) is 3. The summed E-state index contributed by atoms with van der Waals surface area (Å²) in [6.45, 7) is 3.26. The molecular formula is C22H22F3NO2. The molecule has 1 heterocycles. The van der Waals surface area contributed by atoms with Crippen LogP contribution in [0.15, 0.2) is 60.8 Å². The Morgan fingerprint density at radius 3 is 2.36 bits per heavy atom. The van der Waals surface area contributed by atoms with Gasteiger partial charge >= 0.3 is 6.18 Å². The number of aromatic nitrogens is 1. The number of aromatic hydroxyl groups is 1. The number of benzene rings is 2. The fraction of sp³-hybridized carbons (Fsp3) is 0.318. The molecule has 0 saturated heterocycles. The van der Waals surface area contributed by atoms with Crippen molar-refractivity contribution in [2.75, 3.05) is 0 Å². The van der Waals surface area contributed by atoms with Gasteiger partial charge in [-0.3, -0.25) is 4.98 Å². The summed E-state index contributed by atoms with van der Waals surface area (Å²) in [7, 11) is 0. The first-order valence-corrected chi connectivity index (χ1v) is 8.93. The lowest BCUT2D eigenvalue weighted by Crippen LogP contribution is -2.50. The topological polar surface area (TPSA) is 53.4 Å². The highest BCUT2D eigenvalue weighted by atomic mass is 19.4. The third kappa shape index (κ3) is 3.97. The number of para-hydroxylation sites is 1. The maximum atomic E-state index is 14.0. The standard InChI is InChI=1S/C22H22F3NO2/c1-20(2,16-6-5-7-17(27)12-16)14-21(28,22(23,24)25)13-15-10-11-26-19-9-4-3-8-18(15)19/h3-12,27-28H,13-14H2,1-2H3. The second kappa shape index (κ2) is 7.09. The molecule has 0 radical (unpaired) electrons. The van der Waals surface area contributed by atoms with Crippen LogP contribution in [-0.2, 0) is 11.8 Å². The number of fused-ring (bicyclic) bond motifs is 1. The number of aliphatic hydroxyl groups is 1. The first-order valence-electron chi connectivity index (χ1n) is 8.93. The molecule has 1 atom stereocenters. The van der Waals surface area contributed by atoms with Gasteiger partial charge in [0.2, 0.25) is 0 Å². The van der Waals surface area contributed by atoms with Crippen molar-refractivity contribution in [2.45, 2.75) is 43.9 Å². The highest BCUT2D eigenvalue weighted by molar-refractivity contribution is 5.81. The van der Waals surface area contributed by atoms with Gasteiger partial charge in [-0.25, -0.2) is 0 Å². The molecule has 28 heavy (non-hydrogen) atoms. The van der Waals surface area contributed by atoms with Gasteiger partial charge in [0.25, 0.3) is 0 Å². The lowest BCUT2D eigenvalue weighted by molar-refractivity contribution is -0.266. The molecule has 0 amide bonds. The molecule has 0 saturated carbocycles. The third-order valence-electron chi connectivity index (χ3n) is 5.11. The number of alkyl halides is 3. The van der Waals surface area contributed by atoms with Crippen LogP contribution in [0.5, 0.6) is 5.75 Å². The minimum absolute atomic E-state index is 0.0266. The average molecular weight is 389 g/mol. The van der Waals surface area contributed by atoms with Crippen LogP contribution in [0.3, 0.4) is 0 Å². The van der Waals surface area contributed by atoms with E-state index in [4.69, 9.17) is 0 Å². The van der Waals surface area contributed by atoms with Gasteiger partial charge in [-0.05, 0) is 47.2 Å². The predicted molar refractivity (Wildman–Crippen MR) is 102 cm³/mol. The first kappa shape index (κ1) is 20.1. The SMILES string of the molecule is CC(C)(CC(O)(Cc1ccnc2ccccc12)C(F)(F)F)c1cccc(O)c1. The van der Waals surface area contributed by atoms with Crippen molar-refractivity contribution in [2.24, 2.45) is 0 Å². The molecule has 0 bridgehead atoms. The number of hydrogen-bond donors (Lipinski definition) is 2. The monoisotopic (exact) mass is 389 g/mol. The fourth-order valence-electron chi connectivity index (χ4n) is 3.65. The van der Waals surface area contributed by atoms with Gasteiger partial charge < -0.3 is 10.2 Å². The number of pyridine rings is 1. The summed E-state index contributed by atoms with van der Waals surface area (Å²) in [4.78, 5) is 4.18. The summed E-state index contributed by atoms with van der Waals surface area (Å²) in [5.41, 5.74) is -2.47. The summed E-state index contributed by atoms with van der Waals surface area (Å²) in [5.74, 6) is -0.0266. The lowest BCUT2D eigenvalue weighted by Gasteiger charge is -2.38. The quantitative estimate of drug-likeness (QED) is 0.635. The zero-order valence-electron chi connectivity index (χ0n) is 15.7. The number of phenols is 1. The van der Waals surface area contributed by atoms with E-state index in [1.54, 1.807) is 50.2 Å². The van der Waals surface area contributed by atoms with Crippen molar-refractivity contribution in [1.29, 1.82) is 0 Å². The van der Waals surface area contributed by atoms with Gasteiger partial charge in [0.1, 0.15) is 5.75 Å². The highest BCUT2D eigenvalue weighted by Gasteiger charge is 2.55. The Morgan fingerprint density at radius 1 is 0.964 bits per heavy atom. The molecule has 2 aromatic carbocycles. The first-order chi connectivity index (χ1) is 13.0. The second-order valence-corrected chi connectivity index (χ2v) is 7.80. The van der Waals surface area contributed by atoms with Gasteiger partial charge in [0.15, 0.2) is 5.60 Å². The molecule has 0 aliphatic heterocycles. The molecule has 6 heteroatoms. The Kier molecular flexibility index (Phi) is 5.10. The number of rotatable bonds is 5. The van der Waals surface area contributed by atoms with E-state index in [-0.39, 0.29) is 5.75 Å². The third-order valence-corrected chi connectivity index (χ3v) is 5.11. The van der Waals surface area contributed by atoms with E-state index in [9.17, 15) is 23.4 Å². The molecule has 3 rings (SSSR count). The Morgan fingerprint density at radius 2 is 1.68 bits per heavy atom. The van der Waals surface area contributed by atoms with Crippen LogP contribution in [-0.4, -0.2) is 27.0 Å². The van der Waals surface area contributed by atoms with Crippen molar-refractivity contribution in [3.05, 3.63) is 71.9 Å². The molecule has 1 aromatic heterocycles. The van der Waals surface area contributed by atoms with E-state index in [0.717, 1.165) is 0 Å². The lowest BCUT2D eigenvalue weighted by atomic mass is 9.73. The summed E-state index contributed by atoms with van der Waals surface area (Å²) in [6.07, 6.45) is -4.51. The van der Waals surface area contributed by atoms with E-state index >= 15 is 0 Å². The van der Waals surface area contributed by atoms with Crippen molar-refractivity contribution in [1.82, 2.24) is 4.98 Å². The van der Waals surface area contributed by atoms with E-state index in [1.807, 2.05) is 0 Å². The second-order valence-electron chi connectivity index (χ2n) is 7.80. The normalized spacial score (nSPS) is 14.8. The van der Waals surface area contributed by atoms with Crippen molar-refractivity contribution in [3.8, 4) is 5.75 Å². The highest BCUT2D eigenvalue weighted by Crippen LogP contribution is 2.44. The molecular weight excluding hydrogens is 367 g/mol. The number of phenolic OH excluding ortho intramolecular Hbond substituents is 1. The summed E-state index contributed by atoms with van der Waals surface area (Å²) in [5, 5.41) is 21.1. The predicted octanol–water partition coefficient (Wildman–Crippen LogP) is 5.14. The van der Waals surface area contributed by atoms with E-state index in [0.29, 0.717) is 22.0 Å². The molecule has 3 nitrogen and oxygen atoms in total. The van der Waals surface area contributed by atoms with E-state index in [2.05, 4.69) is 4.98 Å². The smallest absolute Gasteiger partial charge is 0.417 e. The Labute approximate surface area is 161 Å². The van der Waals surface area contributed by atoms with Crippen LogP contribution in [0.25, 0.3) is 10.9 Å². The maximum Gasteiger partial charge on any atom is 0.417 e. The Balaban J connectivity index is 2.01. The zero-order chi connectivity index (χ0) is 20.6. The summed E-state index contributed by atoms with van der Waals surface area (Å²) >= 11 is 0. The van der Waals surface area contributed by atoms with Crippen LogP contribution in [0, 0.1) is 0 Å². The minimum atomic E-state index is -4.83. The molecule has 148 valence electrons. The fourth-order valence-corrected chi connectivity index (χ4v) is 3.65. The number of halogens is 3. The van der Waals surface area contributed by atoms with Crippen molar-refractivity contribution >= 4 is 10.9 Å². The molecule has 2 N–H and O–H groups in total. The Hall–Kier alpha value is -2.60. The van der Waals surface area contributed by atoms with Crippen molar-refractivity contribution in [3.63, 3.8) is 0 Å². The van der Waals surface area contributed by atoms with Gasteiger partial charge in [0, 0.05) is 18.0 Å². The molecule has 3 aromatic rings. The summed E-state index contributed by atoms with van der Waals surface area (Å²) in [6, 6.07) is 14.6. The molecule has 0 aliphatic rings. The van der Waals surface area contributed by atoms with Crippen LogP contribution < -0.4 is 0 Å². The molecule has 0 aliphatic carbocycles. The van der Waals surface area contributed by atoms with Crippen LogP contribution >= 0.6 is 0 Å². The minimum Gasteiger partial charge on any atom is -0.508 e. The average Bonchev–Trinajstić information content (AvgIpc) is 2.61. The largest absolute Gasteiger partial charge is 0.508 e. The van der Waals surface area contributed by atoms with Crippen LogP contribution in [0.1, 0.15) is 31.4 Å². The Bertz CT molecular complexity index is 979. The van der Waals surface area contributed by atoms with Gasteiger partial charge in [0.05, 0.1) is 5.52 Å². The maximum absolute atomic E-state index is 14.0. The summed E-state index contributed by atoms with van der Waals surface area (Å²) < 4.78 is 42.0.